The molecule has 0 fully saturated rings. The quantitative estimate of drug-likeness (QED) is 0.386. The van der Waals surface area contributed by atoms with Gasteiger partial charge in [-0.05, 0) is 19.1 Å². The van der Waals surface area contributed by atoms with E-state index in [-0.39, 0.29) is 16.5 Å². The Bertz CT molecular complexity index is 489. The first-order chi connectivity index (χ1) is 8.86. The van der Waals surface area contributed by atoms with E-state index >= 15 is 0 Å². The normalized spacial score (nSPS) is 13.7. The van der Waals surface area contributed by atoms with Gasteiger partial charge < -0.3 is 9.84 Å². The van der Waals surface area contributed by atoms with Gasteiger partial charge in [0.2, 0.25) is 0 Å². The molecule has 1 aromatic carbocycles. The van der Waals surface area contributed by atoms with Crippen molar-refractivity contribution in [1.82, 2.24) is 0 Å². The maximum atomic E-state index is 11.4. The summed E-state index contributed by atoms with van der Waals surface area (Å²) in [4.78, 5) is 22.2. The summed E-state index contributed by atoms with van der Waals surface area (Å²) < 4.78 is 4.58. The van der Waals surface area contributed by atoms with E-state index in [0.29, 0.717) is 4.90 Å². The first-order valence-electron chi connectivity index (χ1n) is 5.58. The molecule has 0 aliphatic rings. The molecule has 0 heterocycles. The molecule has 1 aromatic rings. The second-order valence-corrected chi connectivity index (χ2v) is 5.41. The Morgan fingerprint density at radius 2 is 2.11 bits per heavy atom. The average Bonchev–Trinajstić information content (AvgIpc) is 2.37. The molecule has 0 amide bonds. The lowest BCUT2D eigenvalue weighted by Crippen LogP contribution is -2.15. The molecule has 2 atom stereocenters. The number of carbonyl (C=O) groups is 1. The number of hydrogen-bond acceptors (Lipinski definition) is 6. The number of esters is 1. The lowest BCUT2D eigenvalue weighted by atomic mass is 10.2. The summed E-state index contributed by atoms with van der Waals surface area (Å²) in [5.41, 5.74) is 0.151. The lowest BCUT2D eigenvalue weighted by molar-refractivity contribution is -0.387. The molecule has 0 aromatic heterocycles. The number of thioether (sulfide) groups is 1. The summed E-state index contributed by atoms with van der Waals surface area (Å²) in [6, 6.07) is 4.03. The highest BCUT2D eigenvalue weighted by Crippen LogP contribution is 2.34. The van der Waals surface area contributed by atoms with Crippen LogP contribution in [0.2, 0.25) is 0 Å². The van der Waals surface area contributed by atoms with Crippen molar-refractivity contribution in [3.63, 3.8) is 0 Å². The van der Waals surface area contributed by atoms with Crippen LogP contribution < -0.4 is 0 Å². The zero-order valence-corrected chi connectivity index (χ0v) is 11.6. The molecule has 0 bridgehead atoms. The van der Waals surface area contributed by atoms with E-state index in [1.165, 1.54) is 25.3 Å². The third-order valence-electron chi connectivity index (χ3n) is 2.57. The van der Waals surface area contributed by atoms with Crippen molar-refractivity contribution in [2.45, 2.75) is 30.1 Å². The molecule has 0 aliphatic carbocycles. The van der Waals surface area contributed by atoms with E-state index in [4.69, 9.17) is 0 Å². The molecule has 0 spiro atoms. The Hall–Kier alpha value is -1.60. The first kappa shape index (κ1) is 15.5. The highest BCUT2D eigenvalue weighted by molar-refractivity contribution is 8.00. The Morgan fingerprint density at radius 1 is 1.47 bits per heavy atom. The molecule has 2 unspecified atom stereocenters. The molecule has 0 saturated carbocycles. The van der Waals surface area contributed by atoms with Gasteiger partial charge in [0.05, 0.1) is 28.6 Å². The monoisotopic (exact) mass is 285 g/mol. The highest BCUT2D eigenvalue weighted by atomic mass is 32.2. The van der Waals surface area contributed by atoms with Crippen LogP contribution in [0.3, 0.4) is 0 Å². The van der Waals surface area contributed by atoms with Crippen LogP contribution in [0.25, 0.3) is 0 Å². The van der Waals surface area contributed by atoms with Crippen molar-refractivity contribution >= 4 is 23.4 Å². The fourth-order valence-corrected chi connectivity index (χ4v) is 2.36. The number of nitro benzene ring substituents is 1. The van der Waals surface area contributed by atoms with Crippen LogP contribution in [0.15, 0.2) is 23.1 Å². The standard InChI is InChI=1S/C12H15NO5S/c1-7(14)8(2)19-11-6-9(12(15)18-3)4-5-10(11)13(16)17/h4-8,14H,1-3H3. The van der Waals surface area contributed by atoms with Crippen LogP contribution >= 0.6 is 11.8 Å². The SMILES string of the molecule is COC(=O)c1ccc([N+](=O)[O-])c(SC(C)C(C)O)c1. The largest absolute Gasteiger partial charge is 0.465 e. The van der Waals surface area contributed by atoms with Gasteiger partial charge in [0.25, 0.3) is 5.69 Å². The summed E-state index contributed by atoms with van der Waals surface area (Å²) in [5, 5.41) is 20.2. The Balaban J connectivity index is 3.15. The van der Waals surface area contributed by atoms with E-state index in [1.807, 2.05) is 0 Å². The number of nitrogens with zero attached hydrogens (tertiary/aromatic N) is 1. The number of aliphatic hydroxyl groups excluding tert-OH is 1. The third kappa shape index (κ3) is 3.93. The van der Waals surface area contributed by atoms with Crippen LogP contribution in [-0.4, -0.2) is 34.5 Å². The Labute approximate surface area is 114 Å². The molecule has 104 valence electrons. The van der Waals surface area contributed by atoms with Crippen LogP contribution in [0.4, 0.5) is 5.69 Å². The second kappa shape index (κ2) is 6.53. The Morgan fingerprint density at radius 3 is 2.58 bits per heavy atom. The molecule has 7 heteroatoms. The highest BCUT2D eigenvalue weighted by Gasteiger charge is 2.21. The minimum Gasteiger partial charge on any atom is -0.465 e. The lowest BCUT2D eigenvalue weighted by Gasteiger charge is -2.14. The van der Waals surface area contributed by atoms with Crippen LogP contribution in [0.5, 0.6) is 0 Å². The molecule has 19 heavy (non-hydrogen) atoms. The molecule has 1 rings (SSSR count). The molecular formula is C12H15NO5S. The van der Waals surface area contributed by atoms with Crippen molar-refractivity contribution in [2.24, 2.45) is 0 Å². The first-order valence-corrected chi connectivity index (χ1v) is 6.46. The zero-order chi connectivity index (χ0) is 14.6. The molecule has 0 aliphatic heterocycles. The van der Waals surface area contributed by atoms with Crippen molar-refractivity contribution in [1.29, 1.82) is 0 Å². The number of methoxy groups -OCH3 is 1. The van der Waals surface area contributed by atoms with Gasteiger partial charge in [-0.15, -0.1) is 11.8 Å². The number of carbonyl (C=O) groups excluding carboxylic acids is 1. The summed E-state index contributed by atoms with van der Waals surface area (Å²) >= 11 is 1.15. The molecular weight excluding hydrogens is 270 g/mol. The fraction of sp³-hybridized carbons (Fsp3) is 0.417. The molecule has 6 nitrogen and oxygen atoms in total. The second-order valence-electron chi connectivity index (χ2n) is 3.99. The fourth-order valence-electron chi connectivity index (χ4n) is 1.30. The summed E-state index contributed by atoms with van der Waals surface area (Å²) in [7, 11) is 1.25. The molecule has 0 saturated heterocycles. The van der Waals surface area contributed by atoms with Crippen molar-refractivity contribution in [2.75, 3.05) is 7.11 Å². The smallest absolute Gasteiger partial charge is 0.337 e. The molecule has 1 N–H and O–H groups in total. The van der Waals surface area contributed by atoms with E-state index in [9.17, 15) is 20.0 Å². The van der Waals surface area contributed by atoms with E-state index in [0.717, 1.165) is 11.8 Å². The van der Waals surface area contributed by atoms with E-state index in [2.05, 4.69) is 4.74 Å². The number of benzene rings is 1. The van der Waals surface area contributed by atoms with E-state index < -0.39 is 17.0 Å². The number of rotatable bonds is 5. The van der Waals surface area contributed by atoms with Gasteiger partial charge in [-0.25, -0.2) is 4.79 Å². The van der Waals surface area contributed by atoms with Crippen molar-refractivity contribution < 1.29 is 19.6 Å². The van der Waals surface area contributed by atoms with Gasteiger partial charge in [0, 0.05) is 11.3 Å². The maximum Gasteiger partial charge on any atom is 0.337 e. The number of nitro groups is 1. The zero-order valence-electron chi connectivity index (χ0n) is 10.8. The van der Waals surface area contributed by atoms with Crippen molar-refractivity contribution in [3.05, 3.63) is 33.9 Å². The van der Waals surface area contributed by atoms with Crippen LogP contribution in [0, 0.1) is 10.1 Å². The van der Waals surface area contributed by atoms with Gasteiger partial charge in [0.15, 0.2) is 0 Å². The van der Waals surface area contributed by atoms with E-state index in [1.54, 1.807) is 13.8 Å². The number of ether oxygens (including phenoxy) is 1. The minimum atomic E-state index is -0.619. The topological polar surface area (TPSA) is 89.7 Å². The van der Waals surface area contributed by atoms with Gasteiger partial charge in [-0.1, -0.05) is 6.92 Å². The Kier molecular flexibility index (Phi) is 5.31. The van der Waals surface area contributed by atoms with Crippen LogP contribution in [-0.2, 0) is 4.74 Å². The predicted octanol–water partition coefficient (Wildman–Crippen LogP) is 2.24. The van der Waals surface area contributed by atoms with Gasteiger partial charge in [0.1, 0.15) is 0 Å². The molecule has 0 radical (unpaired) electrons. The summed E-state index contributed by atoms with van der Waals surface area (Å²) in [6.07, 6.45) is -0.619. The number of aliphatic hydroxyl groups is 1. The number of hydrogen-bond donors (Lipinski definition) is 1. The minimum absolute atomic E-state index is 0.0925. The predicted molar refractivity (Wildman–Crippen MR) is 71.4 cm³/mol. The van der Waals surface area contributed by atoms with Crippen molar-refractivity contribution in [3.8, 4) is 0 Å². The summed E-state index contributed by atoms with van der Waals surface area (Å²) in [5.74, 6) is -0.554. The van der Waals surface area contributed by atoms with Gasteiger partial charge in [-0.2, -0.15) is 0 Å². The summed E-state index contributed by atoms with van der Waals surface area (Å²) in [6.45, 7) is 3.36. The average molecular weight is 285 g/mol. The van der Waals surface area contributed by atoms with Crippen LogP contribution in [0.1, 0.15) is 24.2 Å². The third-order valence-corrected chi connectivity index (χ3v) is 3.92. The maximum absolute atomic E-state index is 11.4. The van der Waals surface area contributed by atoms with Gasteiger partial charge >= 0.3 is 5.97 Å². The van der Waals surface area contributed by atoms with Gasteiger partial charge in [-0.3, -0.25) is 10.1 Å².